The van der Waals surface area contributed by atoms with E-state index in [1.54, 1.807) is 0 Å². The highest BCUT2D eigenvalue weighted by molar-refractivity contribution is 9.10. The van der Waals surface area contributed by atoms with Gasteiger partial charge in [-0.2, -0.15) is 0 Å². The SMILES string of the molecule is C[C@@H](NCc1cc(Br)ccc1Cl)c1ccccc1Cl. The maximum absolute atomic E-state index is 6.18. The Bertz CT molecular complexity index is 572. The molecule has 0 amide bonds. The first-order valence-corrected chi connectivity index (χ1v) is 7.54. The predicted molar refractivity (Wildman–Crippen MR) is 85.9 cm³/mol. The zero-order chi connectivity index (χ0) is 13.8. The Morgan fingerprint density at radius 1 is 1.11 bits per heavy atom. The molecule has 0 aliphatic heterocycles. The van der Waals surface area contributed by atoms with E-state index in [-0.39, 0.29) is 6.04 Å². The third-order valence-corrected chi connectivity index (χ3v) is 4.18. The Kier molecular flexibility index (Phi) is 5.28. The quantitative estimate of drug-likeness (QED) is 0.749. The molecule has 1 atom stereocenters. The van der Waals surface area contributed by atoms with Gasteiger partial charge in [0.25, 0.3) is 0 Å². The molecule has 0 spiro atoms. The average molecular weight is 359 g/mol. The Hall–Kier alpha value is -0.540. The Balaban J connectivity index is 2.06. The van der Waals surface area contributed by atoms with E-state index in [2.05, 4.69) is 28.2 Å². The summed E-state index contributed by atoms with van der Waals surface area (Å²) in [5, 5.41) is 4.98. The molecule has 0 saturated heterocycles. The molecular formula is C15H14BrCl2N. The first-order valence-electron chi connectivity index (χ1n) is 5.99. The minimum atomic E-state index is 0.170. The molecule has 0 saturated carbocycles. The molecular weight excluding hydrogens is 345 g/mol. The minimum absolute atomic E-state index is 0.170. The fourth-order valence-corrected chi connectivity index (χ4v) is 2.77. The van der Waals surface area contributed by atoms with Crippen LogP contribution in [0, 0.1) is 0 Å². The predicted octanol–water partition coefficient (Wildman–Crippen LogP) is 5.61. The largest absolute Gasteiger partial charge is 0.306 e. The van der Waals surface area contributed by atoms with Crippen LogP contribution in [0.4, 0.5) is 0 Å². The maximum atomic E-state index is 6.18. The molecule has 0 bridgehead atoms. The smallest absolute Gasteiger partial charge is 0.0453 e. The second-order valence-electron chi connectivity index (χ2n) is 4.36. The summed E-state index contributed by atoms with van der Waals surface area (Å²) in [6.45, 7) is 2.79. The molecule has 0 radical (unpaired) electrons. The molecule has 2 aromatic carbocycles. The number of halogens is 3. The van der Waals surface area contributed by atoms with Gasteiger partial charge in [-0.05, 0) is 42.3 Å². The molecule has 2 rings (SSSR count). The monoisotopic (exact) mass is 357 g/mol. The van der Waals surface area contributed by atoms with Crippen molar-refractivity contribution in [3.8, 4) is 0 Å². The van der Waals surface area contributed by atoms with Crippen molar-refractivity contribution in [2.75, 3.05) is 0 Å². The zero-order valence-corrected chi connectivity index (χ0v) is 13.6. The lowest BCUT2D eigenvalue weighted by Crippen LogP contribution is -2.18. The van der Waals surface area contributed by atoms with E-state index in [9.17, 15) is 0 Å². The van der Waals surface area contributed by atoms with Crippen LogP contribution < -0.4 is 5.32 Å². The van der Waals surface area contributed by atoms with Gasteiger partial charge in [0.1, 0.15) is 0 Å². The van der Waals surface area contributed by atoms with Crippen LogP contribution in [-0.2, 0) is 6.54 Å². The Morgan fingerprint density at radius 3 is 2.58 bits per heavy atom. The molecule has 0 aliphatic carbocycles. The molecule has 2 aromatic rings. The van der Waals surface area contributed by atoms with E-state index in [1.165, 1.54) is 0 Å². The molecule has 1 nitrogen and oxygen atoms in total. The summed E-state index contributed by atoms with van der Waals surface area (Å²) in [7, 11) is 0. The van der Waals surface area contributed by atoms with Crippen molar-refractivity contribution in [3.63, 3.8) is 0 Å². The lowest BCUT2D eigenvalue weighted by atomic mass is 10.1. The van der Waals surface area contributed by atoms with Gasteiger partial charge in [0.15, 0.2) is 0 Å². The summed E-state index contributed by atoms with van der Waals surface area (Å²) in [6, 6.07) is 13.9. The van der Waals surface area contributed by atoms with Gasteiger partial charge in [-0.1, -0.05) is 57.3 Å². The maximum Gasteiger partial charge on any atom is 0.0453 e. The molecule has 0 unspecified atom stereocenters. The highest BCUT2D eigenvalue weighted by Crippen LogP contribution is 2.24. The topological polar surface area (TPSA) is 12.0 Å². The summed E-state index contributed by atoms with van der Waals surface area (Å²) < 4.78 is 1.03. The molecule has 0 fully saturated rings. The van der Waals surface area contributed by atoms with Crippen LogP contribution in [0.15, 0.2) is 46.9 Å². The normalized spacial score (nSPS) is 12.4. The fourth-order valence-electron chi connectivity index (χ4n) is 1.88. The first-order chi connectivity index (χ1) is 9.08. The van der Waals surface area contributed by atoms with Gasteiger partial charge < -0.3 is 5.32 Å². The first kappa shape index (κ1) is 14.9. The van der Waals surface area contributed by atoms with Gasteiger partial charge in [0.05, 0.1) is 0 Å². The molecule has 0 aliphatic rings. The highest BCUT2D eigenvalue weighted by atomic mass is 79.9. The van der Waals surface area contributed by atoms with Gasteiger partial charge in [0, 0.05) is 27.1 Å². The van der Waals surface area contributed by atoms with E-state index in [0.29, 0.717) is 6.54 Å². The summed E-state index contributed by atoms with van der Waals surface area (Å²) in [5.41, 5.74) is 2.16. The van der Waals surface area contributed by atoms with Gasteiger partial charge in [-0.25, -0.2) is 0 Å². The van der Waals surface area contributed by atoms with Crippen molar-refractivity contribution >= 4 is 39.1 Å². The number of rotatable bonds is 4. The van der Waals surface area contributed by atoms with Crippen LogP contribution in [-0.4, -0.2) is 0 Å². The molecule has 0 heterocycles. The third-order valence-electron chi connectivity index (χ3n) is 2.98. The van der Waals surface area contributed by atoms with Crippen molar-refractivity contribution in [1.82, 2.24) is 5.32 Å². The molecule has 4 heteroatoms. The van der Waals surface area contributed by atoms with E-state index in [1.807, 2.05) is 42.5 Å². The van der Waals surface area contributed by atoms with E-state index >= 15 is 0 Å². The van der Waals surface area contributed by atoms with E-state index in [0.717, 1.165) is 25.6 Å². The Morgan fingerprint density at radius 2 is 1.84 bits per heavy atom. The lowest BCUT2D eigenvalue weighted by Gasteiger charge is -2.16. The number of benzene rings is 2. The third kappa shape index (κ3) is 3.96. The highest BCUT2D eigenvalue weighted by Gasteiger charge is 2.09. The lowest BCUT2D eigenvalue weighted by molar-refractivity contribution is 0.575. The van der Waals surface area contributed by atoms with Crippen molar-refractivity contribution < 1.29 is 0 Å². The molecule has 1 N–H and O–H groups in total. The number of nitrogens with one attached hydrogen (secondary N) is 1. The van der Waals surface area contributed by atoms with Crippen LogP contribution in [0.25, 0.3) is 0 Å². The van der Waals surface area contributed by atoms with Crippen molar-refractivity contribution in [2.45, 2.75) is 19.5 Å². The molecule has 0 aromatic heterocycles. The number of hydrogen-bond acceptors (Lipinski definition) is 1. The second-order valence-corrected chi connectivity index (χ2v) is 6.09. The van der Waals surface area contributed by atoms with Crippen LogP contribution in [0.1, 0.15) is 24.1 Å². The molecule has 100 valence electrons. The zero-order valence-electron chi connectivity index (χ0n) is 10.5. The van der Waals surface area contributed by atoms with Crippen LogP contribution >= 0.6 is 39.1 Å². The standard InChI is InChI=1S/C15H14BrCl2N/c1-10(13-4-2-3-5-15(13)18)19-9-11-8-12(16)6-7-14(11)17/h2-8,10,19H,9H2,1H3/t10-/m1/s1. The molecule has 19 heavy (non-hydrogen) atoms. The Labute approximate surface area is 132 Å². The fraction of sp³-hybridized carbons (Fsp3) is 0.200. The van der Waals surface area contributed by atoms with Crippen molar-refractivity contribution in [1.29, 1.82) is 0 Å². The van der Waals surface area contributed by atoms with E-state index in [4.69, 9.17) is 23.2 Å². The summed E-state index contributed by atoms with van der Waals surface area (Å²) in [5.74, 6) is 0. The van der Waals surface area contributed by atoms with Gasteiger partial charge in [-0.3, -0.25) is 0 Å². The average Bonchev–Trinajstić information content (AvgIpc) is 2.40. The van der Waals surface area contributed by atoms with Crippen molar-refractivity contribution in [3.05, 3.63) is 68.1 Å². The number of hydrogen-bond donors (Lipinski definition) is 1. The van der Waals surface area contributed by atoms with Gasteiger partial charge >= 0.3 is 0 Å². The van der Waals surface area contributed by atoms with E-state index < -0.39 is 0 Å². The summed E-state index contributed by atoms with van der Waals surface area (Å²) in [6.07, 6.45) is 0. The van der Waals surface area contributed by atoms with Crippen LogP contribution in [0.3, 0.4) is 0 Å². The minimum Gasteiger partial charge on any atom is -0.306 e. The van der Waals surface area contributed by atoms with Crippen molar-refractivity contribution in [2.24, 2.45) is 0 Å². The van der Waals surface area contributed by atoms with Gasteiger partial charge in [-0.15, -0.1) is 0 Å². The summed E-state index contributed by atoms with van der Waals surface area (Å²) >= 11 is 15.8. The summed E-state index contributed by atoms with van der Waals surface area (Å²) in [4.78, 5) is 0. The second kappa shape index (κ2) is 6.76. The van der Waals surface area contributed by atoms with Crippen LogP contribution in [0.2, 0.25) is 10.0 Å². The van der Waals surface area contributed by atoms with Gasteiger partial charge in [0.2, 0.25) is 0 Å². The van der Waals surface area contributed by atoms with Crippen LogP contribution in [0.5, 0.6) is 0 Å².